The quantitative estimate of drug-likeness (QED) is 0.522. The average Bonchev–Trinajstić information content (AvgIpc) is 3.19. The van der Waals surface area contributed by atoms with E-state index in [1.807, 2.05) is 19.1 Å². The Labute approximate surface area is 203 Å². The van der Waals surface area contributed by atoms with E-state index < -0.39 is 0 Å². The van der Waals surface area contributed by atoms with Gasteiger partial charge in [0.2, 0.25) is 0 Å². The molecule has 0 saturated heterocycles. The maximum atomic E-state index is 12.3. The third-order valence-electron chi connectivity index (χ3n) is 10.3. The van der Waals surface area contributed by atoms with Crippen molar-refractivity contribution in [3.05, 3.63) is 35.5 Å². The second-order valence-electron chi connectivity index (χ2n) is 11.8. The number of ketones is 1. The Morgan fingerprint density at radius 1 is 1.21 bits per heavy atom. The normalized spacial score (nSPS) is 41.9. The minimum atomic E-state index is -0.217. The lowest BCUT2D eigenvalue weighted by molar-refractivity contribution is -0.159. The standard InChI is InChI=1S/C29H38O5/c1-17-5-10-26(34-27(17)32)18(2)23-8-9-25-22-7-6-20-15-21(31)11-13-28(20,4)24(22)12-14-29(23,25)16-33-19(3)30/h5,11,13,15,18,22-26H,6-10,12,14,16H2,1-4H3/t18-,22+,23+,24-,25-,26+,28-,29-/m0/s1. The number of esters is 2. The van der Waals surface area contributed by atoms with E-state index in [-0.39, 0.29) is 40.6 Å². The maximum absolute atomic E-state index is 12.3. The Morgan fingerprint density at radius 2 is 2.00 bits per heavy atom. The zero-order valence-electron chi connectivity index (χ0n) is 21.0. The fourth-order valence-electron chi connectivity index (χ4n) is 8.59. The Balaban J connectivity index is 1.45. The molecule has 0 spiro atoms. The van der Waals surface area contributed by atoms with Gasteiger partial charge in [-0.05, 0) is 87.2 Å². The molecule has 0 aromatic carbocycles. The lowest BCUT2D eigenvalue weighted by Gasteiger charge is -2.58. The van der Waals surface area contributed by atoms with E-state index in [2.05, 4.69) is 19.9 Å². The molecule has 1 aliphatic heterocycles. The van der Waals surface area contributed by atoms with E-state index in [1.54, 1.807) is 6.08 Å². The highest BCUT2D eigenvalue weighted by Gasteiger charge is 2.62. The third kappa shape index (κ3) is 3.61. The van der Waals surface area contributed by atoms with Gasteiger partial charge >= 0.3 is 11.9 Å². The average molecular weight is 467 g/mol. The van der Waals surface area contributed by atoms with E-state index in [0.29, 0.717) is 35.9 Å². The number of allylic oxidation sites excluding steroid dienone is 4. The first-order chi connectivity index (χ1) is 16.2. The molecular formula is C29H38O5. The van der Waals surface area contributed by atoms with Crippen molar-refractivity contribution in [1.29, 1.82) is 0 Å². The molecule has 34 heavy (non-hydrogen) atoms. The zero-order valence-corrected chi connectivity index (χ0v) is 21.0. The van der Waals surface area contributed by atoms with E-state index in [1.165, 1.54) is 12.5 Å². The molecule has 184 valence electrons. The fraction of sp³-hybridized carbons (Fsp3) is 0.690. The van der Waals surface area contributed by atoms with Gasteiger partial charge in [0.05, 0.1) is 6.61 Å². The summed E-state index contributed by atoms with van der Waals surface area (Å²) in [5.41, 5.74) is 1.88. The maximum Gasteiger partial charge on any atom is 0.333 e. The van der Waals surface area contributed by atoms with Crippen molar-refractivity contribution in [2.24, 2.45) is 40.4 Å². The van der Waals surface area contributed by atoms with Gasteiger partial charge in [0.1, 0.15) is 6.10 Å². The number of rotatable bonds is 4. The van der Waals surface area contributed by atoms with Crippen molar-refractivity contribution in [3.63, 3.8) is 0 Å². The molecule has 1 heterocycles. The predicted molar refractivity (Wildman–Crippen MR) is 128 cm³/mol. The molecule has 3 saturated carbocycles. The van der Waals surface area contributed by atoms with Gasteiger partial charge in [-0.15, -0.1) is 0 Å². The predicted octanol–water partition coefficient (Wildman–Crippen LogP) is 5.35. The number of ether oxygens (including phenoxy) is 2. The fourth-order valence-corrected chi connectivity index (χ4v) is 8.59. The summed E-state index contributed by atoms with van der Waals surface area (Å²) in [5, 5.41) is 0. The van der Waals surface area contributed by atoms with Gasteiger partial charge in [0.15, 0.2) is 5.78 Å². The third-order valence-corrected chi connectivity index (χ3v) is 10.3. The number of cyclic esters (lactones) is 1. The van der Waals surface area contributed by atoms with Gasteiger partial charge in [-0.25, -0.2) is 4.79 Å². The van der Waals surface area contributed by atoms with Crippen molar-refractivity contribution >= 4 is 17.7 Å². The van der Waals surface area contributed by atoms with Crippen LogP contribution in [0.3, 0.4) is 0 Å². The lowest BCUT2D eigenvalue weighted by atomic mass is 9.47. The van der Waals surface area contributed by atoms with E-state index in [0.717, 1.165) is 44.9 Å². The van der Waals surface area contributed by atoms with E-state index in [9.17, 15) is 14.4 Å². The van der Waals surface area contributed by atoms with Gasteiger partial charge < -0.3 is 9.47 Å². The molecule has 0 amide bonds. The molecule has 0 radical (unpaired) electrons. The van der Waals surface area contributed by atoms with E-state index >= 15 is 0 Å². The van der Waals surface area contributed by atoms with Crippen LogP contribution >= 0.6 is 0 Å². The monoisotopic (exact) mass is 466 g/mol. The topological polar surface area (TPSA) is 69.7 Å². The van der Waals surface area contributed by atoms with Crippen LogP contribution in [0, 0.1) is 40.4 Å². The summed E-state index contributed by atoms with van der Waals surface area (Å²) in [7, 11) is 0. The smallest absolute Gasteiger partial charge is 0.333 e. The molecule has 0 aromatic rings. The van der Waals surface area contributed by atoms with Crippen LogP contribution in [0.1, 0.15) is 72.6 Å². The Morgan fingerprint density at radius 3 is 2.74 bits per heavy atom. The van der Waals surface area contributed by atoms with Gasteiger partial charge in [-0.3, -0.25) is 9.59 Å². The summed E-state index contributed by atoms with van der Waals surface area (Å²) in [6, 6.07) is 0. The van der Waals surface area contributed by atoms with Crippen LogP contribution < -0.4 is 0 Å². The van der Waals surface area contributed by atoms with Gasteiger partial charge in [-0.1, -0.05) is 31.6 Å². The van der Waals surface area contributed by atoms with Crippen LogP contribution in [0.4, 0.5) is 0 Å². The summed E-state index contributed by atoms with van der Waals surface area (Å²) in [4.78, 5) is 36.3. The number of carbonyl (C=O) groups is 3. The van der Waals surface area contributed by atoms with Crippen molar-refractivity contribution in [2.45, 2.75) is 78.7 Å². The molecule has 0 aromatic heterocycles. The number of hydrogen-bond donors (Lipinski definition) is 0. The van der Waals surface area contributed by atoms with Gasteiger partial charge in [0.25, 0.3) is 0 Å². The van der Waals surface area contributed by atoms with Crippen LogP contribution in [-0.2, 0) is 23.9 Å². The first-order valence-corrected chi connectivity index (χ1v) is 13.1. The first kappa shape index (κ1) is 23.6. The van der Waals surface area contributed by atoms with Gasteiger partial charge in [-0.2, -0.15) is 0 Å². The van der Waals surface area contributed by atoms with Crippen molar-refractivity contribution in [1.82, 2.24) is 0 Å². The Hall–Kier alpha value is -2.17. The van der Waals surface area contributed by atoms with Crippen LogP contribution in [0.2, 0.25) is 0 Å². The SMILES string of the molecule is CC(=O)OC[C@]12CC[C@H]3[C@@H](CCC4=CC(=O)C=C[C@@]43C)[C@@H]1CC[C@@H]2[C@H](C)[C@H]1CC=C(C)C(=O)O1. The highest BCUT2D eigenvalue weighted by atomic mass is 16.5. The molecule has 5 rings (SSSR count). The molecular weight excluding hydrogens is 428 g/mol. The summed E-state index contributed by atoms with van der Waals surface area (Å²) in [6.07, 6.45) is 14.8. The molecule has 5 heteroatoms. The number of hydrogen-bond acceptors (Lipinski definition) is 5. The molecule has 3 fully saturated rings. The molecule has 5 nitrogen and oxygen atoms in total. The largest absolute Gasteiger partial charge is 0.465 e. The Bertz CT molecular complexity index is 988. The van der Waals surface area contributed by atoms with Crippen LogP contribution in [0.15, 0.2) is 35.5 Å². The summed E-state index contributed by atoms with van der Waals surface area (Å²) >= 11 is 0. The minimum absolute atomic E-state index is 0.0463. The highest BCUT2D eigenvalue weighted by Crippen LogP contribution is 2.67. The zero-order chi connectivity index (χ0) is 24.3. The Kier molecular flexibility index (Phi) is 5.89. The first-order valence-electron chi connectivity index (χ1n) is 13.1. The van der Waals surface area contributed by atoms with Crippen LogP contribution in [-0.4, -0.2) is 30.4 Å². The molecule has 5 aliphatic rings. The second kappa shape index (κ2) is 8.49. The van der Waals surface area contributed by atoms with Crippen molar-refractivity contribution in [3.8, 4) is 0 Å². The van der Waals surface area contributed by atoms with Crippen molar-refractivity contribution in [2.75, 3.05) is 6.61 Å². The molecule has 8 atom stereocenters. The molecule has 0 N–H and O–H groups in total. The van der Waals surface area contributed by atoms with Crippen molar-refractivity contribution < 1.29 is 23.9 Å². The molecule has 0 bridgehead atoms. The molecule has 4 aliphatic carbocycles. The minimum Gasteiger partial charge on any atom is -0.465 e. The van der Waals surface area contributed by atoms with Gasteiger partial charge in [0, 0.05) is 29.7 Å². The van der Waals surface area contributed by atoms with Crippen LogP contribution in [0.25, 0.3) is 0 Å². The van der Waals surface area contributed by atoms with Crippen LogP contribution in [0.5, 0.6) is 0 Å². The summed E-state index contributed by atoms with van der Waals surface area (Å²) in [6.45, 7) is 8.35. The molecule has 0 unspecified atom stereocenters. The second-order valence-corrected chi connectivity index (χ2v) is 11.8. The summed E-state index contributed by atoms with van der Waals surface area (Å²) in [5.74, 6) is 1.82. The number of fused-ring (bicyclic) bond motifs is 5. The van der Waals surface area contributed by atoms with E-state index in [4.69, 9.17) is 9.47 Å². The summed E-state index contributed by atoms with van der Waals surface area (Å²) < 4.78 is 11.7. The number of carbonyl (C=O) groups excluding carboxylic acids is 3. The highest BCUT2D eigenvalue weighted by molar-refractivity contribution is 6.01. The lowest BCUT2D eigenvalue weighted by Crippen LogP contribution is -2.53.